The van der Waals surface area contributed by atoms with Gasteiger partial charge in [-0.15, -0.1) is 0 Å². The number of hydrogen-bond acceptors (Lipinski definition) is 8. The molecule has 0 aliphatic heterocycles. The van der Waals surface area contributed by atoms with Crippen LogP contribution in [-0.2, 0) is 0 Å². The van der Waals surface area contributed by atoms with Crippen LogP contribution in [0.2, 0.25) is 5.02 Å². The Kier molecular flexibility index (Phi) is 6.38. The first-order valence-electron chi connectivity index (χ1n) is 8.54. The van der Waals surface area contributed by atoms with Gasteiger partial charge in [0.25, 0.3) is 5.91 Å². The fourth-order valence-electron chi connectivity index (χ4n) is 2.51. The Balaban J connectivity index is 1.80. The summed E-state index contributed by atoms with van der Waals surface area (Å²) in [5.74, 6) is -0.130. The predicted molar refractivity (Wildman–Crippen MR) is 112 cm³/mol. The quantitative estimate of drug-likeness (QED) is 0.419. The van der Waals surface area contributed by atoms with Gasteiger partial charge in [-0.05, 0) is 18.2 Å². The van der Waals surface area contributed by atoms with E-state index in [1.54, 1.807) is 18.2 Å². The minimum atomic E-state index is -0.691. The van der Waals surface area contributed by atoms with Crippen LogP contribution in [0.1, 0.15) is 10.4 Å². The number of carbonyl (C=O) groups is 1. The molecule has 3 rings (SSSR count). The Morgan fingerprint density at radius 2 is 1.80 bits per heavy atom. The van der Waals surface area contributed by atoms with Crippen LogP contribution in [0.3, 0.4) is 0 Å². The van der Waals surface area contributed by atoms with E-state index >= 15 is 0 Å². The number of nitrogens with one attached hydrogen (secondary N) is 3. The van der Waals surface area contributed by atoms with Crippen molar-refractivity contribution in [2.75, 3.05) is 30.7 Å². The number of nitrogens with two attached hydrogens (primary N) is 1. The highest BCUT2D eigenvalue weighted by Gasteiger charge is 2.15. The number of halogens is 2. The molecule has 0 atom stereocenters. The number of carbonyl (C=O) groups excluding carboxylic acids is 1. The number of ether oxygens (including phenoxy) is 2. The zero-order chi connectivity index (χ0) is 21.7. The van der Waals surface area contributed by atoms with Gasteiger partial charge in [0.05, 0.1) is 30.5 Å². The number of hydrogen-bond donors (Lipinski definition) is 4. The normalized spacial score (nSPS) is 10.3. The van der Waals surface area contributed by atoms with Crippen LogP contribution in [0.4, 0.5) is 27.4 Å². The first kappa shape index (κ1) is 20.9. The lowest BCUT2D eigenvalue weighted by Gasteiger charge is -2.16. The van der Waals surface area contributed by atoms with E-state index in [0.717, 1.165) is 0 Å². The van der Waals surface area contributed by atoms with Crippen LogP contribution in [0, 0.1) is 5.82 Å². The second kappa shape index (κ2) is 9.14. The lowest BCUT2D eigenvalue weighted by Crippen LogP contribution is -2.31. The summed E-state index contributed by atoms with van der Waals surface area (Å²) in [6.45, 7) is 0. The largest absolute Gasteiger partial charge is 0.495 e. The Hall–Kier alpha value is -3.79. The number of rotatable bonds is 7. The van der Waals surface area contributed by atoms with Gasteiger partial charge in [0.1, 0.15) is 29.3 Å². The van der Waals surface area contributed by atoms with Gasteiger partial charge in [-0.1, -0.05) is 23.7 Å². The predicted octanol–water partition coefficient (Wildman–Crippen LogP) is 3.37. The van der Waals surface area contributed by atoms with E-state index in [2.05, 4.69) is 26.1 Å². The van der Waals surface area contributed by atoms with Crippen molar-refractivity contribution in [2.24, 2.45) is 0 Å². The molecule has 5 N–H and O–H groups in total. The number of amides is 1. The number of methoxy groups -OCH3 is 2. The van der Waals surface area contributed by atoms with Gasteiger partial charge in [-0.25, -0.2) is 14.4 Å². The summed E-state index contributed by atoms with van der Waals surface area (Å²) in [7, 11) is 2.98. The fraction of sp³-hybridized carbons (Fsp3) is 0.105. The number of anilines is 4. The molecule has 1 heterocycles. The molecule has 1 aromatic heterocycles. The third kappa shape index (κ3) is 4.44. The maximum absolute atomic E-state index is 13.7. The second-order valence-electron chi connectivity index (χ2n) is 5.86. The molecule has 30 heavy (non-hydrogen) atoms. The number of aromatic nitrogens is 2. The van der Waals surface area contributed by atoms with Crippen LogP contribution in [0.25, 0.3) is 0 Å². The number of nitrogen functional groups attached to an aromatic ring is 1. The van der Waals surface area contributed by atoms with Gasteiger partial charge in [0.2, 0.25) is 0 Å². The summed E-state index contributed by atoms with van der Waals surface area (Å²) < 4.78 is 24.2. The molecule has 0 fully saturated rings. The maximum atomic E-state index is 13.7. The molecule has 0 unspecified atom stereocenters. The summed E-state index contributed by atoms with van der Waals surface area (Å²) in [5, 5.41) is 3.35. The molecule has 0 saturated heterocycles. The Morgan fingerprint density at radius 1 is 1.10 bits per heavy atom. The lowest BCUT2D eigenvalue weighted by atomic mass is 10.2. The van der Waals surface area contributed by atoms with E-state index < -0.39 is 11.7 Å². The highest BCUT2D eigenvalue weighted by atomic mass is 35.5. The van der Waals surface area contributed by atoms with Crippen LogP contribution in [0.15, 0.2) is 42.7 Å². The van der Waals surface area contributed by atoms with Crippen molar-refractivity contribution in [3.05, 3.63) is 59.1 Å². The lowest BCUT2D eigenvalue weighted by molar-refractivity contribution is 0.0958. The third-order valence-corrected chi connectivity index (χ3v) is 4.32. The van der Waals surface area contributed by atoms with Crippen molar-refractivity contribution in [1.82, 2.24) is 15.4 Å². The number of nitrogens with zero attached hydrogens (tertiary/aromatic N) is 2. The Labute approximate surface area is 176 Å². The molecular weight excluding hydrogens is 415 g/mol. The van der Waals surface area contributed by atoms with Crippen molar-refractivity contribution in [1.29, 1.82) is 0 Å². The summed E-state index contributed by atoms with van der Waals surface area (Å²) in [6, 6.07) is 8.77. The zero-order valence-electron chi connectivity index (χ0n) is 16.0. The van der Waals surface area contributed by atoms with E-state index in [1.807, 2.05) is 0 Å². The van der Waals surface area contributed by atoms with Crippen molar-refractivity contribution >= 4 is 40.5 Å². The molecule has 0 spiro atoms. The highest BCUT2D eigenvalue weighted by molar-refractivity contribution is 6.32. The highest BCUT2D eigenvalue weighted by Crippen LogP contribution is 2.38. The summed E-state index contributed by atoms with van der Waals surface area (Å²) in [4.78, 5) is 20.2. The van der Waals surface area contributed by atoms with Crippen LogP contribution in [0.5, 0.6) is 11.5 Å². The summed E-state index contributed by atoms with van der Waals surface area (Å²) in [5.41, 5.74) is 11.5. The molecule has 0 aliphatic carbocycles. The van der Waals surface area contributed by atoms with Gasteiger partial charge in [0, 0.05) is 6.07 Å². The van der Waals surface area contributed by atoms with Crippen molar-refractivity contribution in [3.8, 4) is 11.5 Å². The van der Waals surface area contributed by atoms with Crippen molar-refractivity contribution < 1.29 is 18.7 Å². The topological polar surface area (TPSA) is 123 Å². The van der Waals surface area contributed by atoms with E-state index in [-0.39, 0.29) is 22.9 Å². The molecule has 2 aromatic carbocycles. The molecule has 0 radical (unpaired) electrons. The molecule has 156 valence electrons. The molecule has 3 aromatic rings. The average Bonchev–Trinajstić information content (AvgIpc) is 2.74. The molecule has 0 aliphatic rings. The van der Waals surface area contributed by atoms with Gasteiger partial charge >= 0.3 is 0 Å². The Morgan fingerprint density at radius 3 is 2.50 bits per heavy atom. The van der Waals surface area contributed by atoms with Crippen LogP contribution >= 0.6 is 11.6 Å². The second-order valence-corrected chi connectivity index (χ2v) is 6.26. The monoisotopic (exact) mass is 432 g/mol. The zero-order valence-corrected chi connectivity index (χ0v) is 16.7. The molecule has 0 bridgehead atoms. The minimum absolute atomic E-state index is 0.0975. The van der Waals surface area contributed by atoms with Gasteiger partial charge < -0.3 is 20.5 Å². The van der Waals surface area contributed by atoms with E-state index in [9.17, 15) is 9.18 Å². The SMILES string of the molecule is COc1cc(OC)c(Nc2ncnc(NNC(=O)c3ccccc3F)c2N)cc1Cl. The van der Waals surface area contributed by atoms with Gasteiger partial charge in [0.15, 0.2) is 11.6 Å². The average molecular weight is 433 g/mol. The third-order valence-electron chi connectivity index (χ3n) is 4.02. The fourth-order valence-corrected chi connectivity index (χ4v) is 2.75. The number of hydrazine groups is 1. The maximum Gasteiger partial charge on any atom is 0.272 e. The van der Waals surface area contributed by atoms with Crippen molar-refractivity contribution in [3.63, 3.8) is 0 Å². The number of benzene rings is 2. The smallest absolute Gasteiger partial charge is 0.272 e. The Bertz CT molecular complexity index is 1080. The van der Waals surface area contributed by atoms with E-state index in [1.165, 1.54) is 38.7 Å². The molecule has 9 nitrogen and oxygen atoms in total. The van der Waals surface area contributed by atoms with Crippen LogP contribution in [-0.4, -0.2) is 30.1 Å². The van der Waals surface area contributed by atoms with Gasteiger partial charge in [-0.3, -0.25) is 15.6 Å². The van der Waals surface area contributed by atoms with Crippen LogP contribution < -0.4 is 31.4 Å². The standard InChI is InChI=1S/C19H18ClFN6O3/c1-29-14-8-15(30-2)13(7-11(14)20)25-17-16(22)18(24-9-23-17)26-27-19(28)10-5-3-4-6-12(10)21/h3-9H,22H2,1-2H3,(H,27,28)(H2,23,24,25,26). The molecule has 11 heteroatoms. The van der Waals surface area contributed by atoms with E-state index in [4.69, 9.17) is 26.8 Å². The summed E-state index contributed by atoms with van der Waals surface area (Å²) >= 11 is 6.18. The first-order chi connectivity index (χ1) is 14.4. The van der Waals surface area contributed by atoms with Gasteiger partial charge in [-0.2, -0.15) is 0 Å². The first-order valence-corrected chi connectivity index (χ1v) is 8.92. The molecular formula is C19H18ClFN6O3. The molecule has 1 amide bonds. The van der Waals surface area contributed by atoms with E-state index in [0.29, 0.717) is 22.2 Å². The molecule has 0 saturated carbocycles. The summed E-state index contributed by atoms with van der Waals surface area (Å²) in [6.07, 6.45) is 1.23. The van der Waals surface area contributed by atoms with Crippen molar-refractivity contribution in [2.45, 2.75) is 0 Å². The minimum Gasteiger partial charge on any atom is -0.495 e.